The van der Waals surface area contributed by atoms with Crippen molar-refractivity contribution in [3.05, 3.63) is 27.0 Å². The van der Waals surface area contributed by atoms with E-state index in [1.54, 1.807) is 0 Å². The molecule has 0 aliphatic carbocycles. The number of hydrogen-bond acceptors (Lipinski definition) is 5. The van der Waals surface area contributed by atoms with Crippen LogP contribution in [-0.2, 0) is 24.1 Å². The lowest BCUT2D eigenvalue weighted by atomic mass is 10.1. The predicted octanol–water partition coefficient (Wildman–Crippen LogP) is -1.93. The molecule has 2 fully saturated rings. The van der Waals surface area contributed by atoms with Gasteiger partial charge in [-0.2, -0.15) is 4.31 Å². The minimum atomic E-state index is -3.89. The third-order valence-electron chi connectivity index (χ3n) is 4.40. The van der Waals surface area contributed by atoms with Crippen LogP contribution in [0, 0.1) is 5.92 Å². The van der Waals surface area contributed by atoms with E-state index in [2.05, 4.69) is 5.32 Å². The van der Waals surface area contributed by atoms with Crippen molar-refractivity contribution < 1.29 is 8.42 Å². The van der Waals surface area contributed by atoms with Crippen LogP contribution in [0.4, 0.5) is 0 Å². The van der Waals surface area contributed by atoms with Crippen molar-refractivity contribution in [2.45, 2.75) is 17.4 Å². The van der Waals surface area contributed by atoms with E-state index in [0.29, 0.717) is 19.0 Å². The molecule has 3 heterocycles. The third kappa shape index (κ3) is 2.07. The van der Waals surface area contributed by atoms with Crippen molar-refractivity contribution in [1.82, 2.24) is 18.8 Å². The lowest BCUT2D eigenvalue weighted by molar-refractivity contribution is 0.381. The molecule has 2 aliphatic rings. The molecule has 0 amide bonds. The number of fused-ring (bicyclic) bond motifs is 1. The quantitative estimate of drug-likeness (QED) is 0.686. The van der Waals surface area contributed by atoms with Gasteiger partial charge >= 0.3 is 5.69 Å². The van der Waals surface area contributed by atoms with Gasteiger partial charge in [0.2, 0.25) is 10.0 Å². The number of aryl methyl sites for hydroxylation is 1. The molecule has 2 aliphatic heterocycles. The summed E-state index contributed by atoms with van der Waals surface area (Å²) in [4.78, 5) is 23.5. The third-order valence-corrected chi connectivity index (χ3v) is 6.30. The fraction of sp³-hybridized carbons (Fsp3) is 0.667. The molecule has 2 atom stereocenters. The van der Waals surface area contributed by atoms with Crippen LogP contribution < -0.4 is 16.6 Å². The smallest absolute Gasteiger partial charge is 0.315 e. The van der Waals surface area contributed by atoms with Gasteiger partial charge in [-0.25, -0.2) is 13.2 Å². The van der Waals surface area contributed by atoms with Crippen molar-refractivity contribution in [3.8, 4) is 0 Å². The summed E-state index contributed by atoms with van der Waals surface area (Å²) in [5.41, 5.74) is -1.31. The first-order valence-electron chi connectivity index (χ1n) is 6.83. The van der Waals surface area contributed by atoms with Gasteiger partial charge < -0.3 is 9.88 Å². The minimum absolute atomic E-state index is 0.100. The van der Waals surface area contributed by atoms with Crippen LogP contribution in [0.25, 0.3) is 0 Å². The molecule has 2 saturated heterocycles. The van der Waals surface area contributed by atoms with Gasteiger partial charge in [0.1, 0.15) is 0 Å². The summed E-state index contributed by atoms with van der Waals surface area (Å²) in [5.74, 6) is 0.302. The van der Waals surface area contributed by atoms with Gasteiger partial charge in [-0.1, -0.05) is 0 Å². The monoisotopic (exact) mass is 314 g/mol. The molecule has 1 aromatic rings. The van der Waals surface area contributed by atoms with Crippen molar-refractivity contribution in [2.75, 3.05) is 19.6 Å². The van der Waals surface area contributed by atoms with Crippen LogP contribution in [0.2, 0.25) is 0 Å². The molecule has 0 radical (unpaired) electrons. The fourth-order valence-corrected chi connectivity index (χ4v) is 5.04. The lowest BCUT2D eigenvalue weighted by Crippen LogP contribution is -2.45. The van der Waals surface area contributed by atoms with Crippen LogP contribution in [0.15, 0.2) is 20.7 Å². The zero-order chi connectivity index (χ0) is 15.4. The Labute approximate surface area is 122 Å². The highest BCUT2D eigenvalue weighted by Crippen LogP contribution is 2.31. The molecule has 116 valence electrons. The van der Waals surface area contributed by atoms with Gasteiger partial charge in [0.15, 0.2) is 4.90 Å². The maximum absolute atomic E-state index is 12.8. The normalized spacial score (nSPS) is 26.2. The summed E-state index contributed by atoms with van der Waals surface area (Å²) < 4.78 is 28.9. The molecule has 21 heavy (non-hydrogen) atoms. The van der Waals surface area contributed by atoms with E-state index >= 15 is 0 Å². The maximum Gasteiger partial charge on any atom is 0.330 e. The summed E-state index contributed by atoms with van der Waals surface area (Å²) in [7, 11) is -1.16. The highest BCUT2D eigenvalue weighted by molar-refractivity contribution is 7.89. The fourth-order valence-electron chi connectivity index (χ4n) is 3.19. The van der Waals surface area contributed by atoms with E-state index in [1.807, 2.05) is 0 Å². The number of aromatic nitrogens is 2. The molecule has 1 aromatic heterocycles. The molecule has 0 spiro atoms. The summed E-state index contributed by atoms with van der Waals surface area (Å²) in [6.45, 7) is 1.84. The Bertz CT molecular complexity index is 794. The SMILES string of the molecule is Cn1cc(S(=O)(=O)N2CC[C@H]3CNC[C@H]32)c(=O)n(C)c1=O. The molecule has 0 bridgehead atoms. The highest BCUT2D eigenvalue weighted by atomic mass is 32.2. The van der Waals surface area contributed by atoms with Crippen LogP contribution >= 0.6 is 0 Å². The van der Waals surface area contributed by atoms with Crippen LogP contribution in [0.1, 0.15) is 6.42 Å². The Morgan fingerprint density at radius 2 is 1.95 bits per heavy atom. The second kappa shape index (κ2) is 4.79. The Morgan fingerprint density at radius 3 is 2.67 bits per heavy atom. The topological polar surface area (TPSA) is 93.4 Å². The molecule has 3 rings (SSSR count). The highest BCUT2D eigenvalue weighted by Gasteiger charge is 2.44. The van der Waals surface area contributed by atoms with E-state index in [9.17, 15) is 18.0 Å². The molecule has 1 N–H and O–H groups in total. The van der Waals surface area contributed by atoms with Crippen molar-refractivity contribution in [1.29, 1.82) is 0 Å². The van der Waals surface area contributed by atoms with Crippen LogP contribution in [-0.4, -0.2) is 47.5 Å². The van der Waals surface area contributed by atoms with E-state index in [1.165, 1.54) is 18.4 Å². The first kappa shape index (κ1) is 14.5. The minimum Gasteiger partial charge on any atom is -0.315 e. The Kier molecular flexibility index (Phi) is 3.30. The number of rotatable bonds is 2. The van der Waals surface area contributed by atoms with Gasteiger partial charge in [0, 0.05) is 39.4 Å². The average molecular weight is 314 g/mol. The number of nitrogens with one attached hydrogen (secondary N) is 1. The summed E-state index contributed by atoms with van der Waals surface area (Å²) in [6.07, 6.45) is 1.92. The number of nitrogens with zero attached hydrogens (tertiary/aromatic N) is 3. The van der Waals surface area contributed by atoms with Gasteiger partial charge in [0.25, 0.3) is 5.56 Å². The zero-order valence-corrected chi connectivity index (χ0v) is 12.8. The van der Waals surface area contributed by atoms with Gasteiger partial charge in [0.05, 0.1) is 0 Å². The maximum atomic E-state index is 12.8. The average Bonchev–Trinajstić information content (AvgIpc) is 3.02. The molecule has 0 saturated carbocycles. The molecule has 0 aromatic carbocycles. The zero-order valence-electron chi connectivity index (χ0n) is 11.9. The molecular weight excluding hydrogens is 296 g/mol. The number of hydrogen-bond donors (Lipinski definition) is 1. The molecular formula is C12H18N4O4S. The first-order valence-corrected chi connectivity index (χ1v) is 8.27. The van der Waals surface area contributed by atoms with Crippen LogP contribution in [0.5, 0.6) is 0 Å². The Morgan fingerprint density at radius 1 is 1.24 bits per heavy atom. The lowest BCUT2D eigenvalue weighted by Gasteiger charge is -2.22. The Balaban J connectivity index is 2.12. The van der Waals surface area contributed by atoms with Gasteiger partial charge in [-0.05, 0) is 18.9 Å². The molecule has 0 unspecified atom stereocenters. The van der Waals surface area contributed by atoms with Crippen molar-refractivity contribution in [3.63, 3.8) is 0 Å². The van der Waals surface area contributed by atoms with E-state index < -0.39 is 21.3 Å². The molecule has 8 nitrogen and oxygen atoms in total. The van der Waals surface area contributed by atoms with E-state index in [-0.39, 0.29) is 10.9 Å². The number of sulfonamides is 1. The Hall–Kier alpha value is -1.45. The van der Waals surface area contributed by atoms with Gasteiger partial charge in [-0.15, -0.1) is 0 Å². The second-order valence-corrected chi connectivity index (χ2v) is 7.50. The van der Waals surface area contributed by atoms with Crippen molar-refractivity contribution in [2.24, 2.45) is 20.0 Å². The predicted molar refractivity (Wildman–Crippen MR) is 75.6 cm³/mol. The molecule has 9 heteroatoms. The first-order chi connectivity index (χ1) is 9.84. The standard InChI is InChI=1S/C12H18N4O4S/c1-14-7-10(11(17)15(2)12(14)18)21(19,20)16-4-3-8-5-13-6-9(8)16/h7-9,13H,3-6H2,1-2H3/t8-,9+/m0/s1. The largest absolute Gasteiger partial charge is 0.330 e. The summed E-state index contributed by atoms with van der Waals surface area (Å²) in [6, 6.07) is -0.100. The van der Waals surface area contributed by atoms with Crippen molar-refractivity contribution >= 4 is 10.0 Å². The summed E-state index contributed by atoms with van der Waals surface area (Å²) >= 11 is 0. The van der Waals surface area contributed by atoms with E-state index in [4.69, 9.17) is 0 Å². The van der Waals surface area contributed by atoms with Crippen LogP contribution in [0.3, 0.4) is 0 Å². The van der Waals surface area contributed by atoms with E-state index in [0.717, 1.165) is 28.3 Å². The second-order valence-electron chi connectivity index (χ2n) is 5.64. The van der Waals surface area contributed by atoms with Gasteiger partial charge in [-0.3, -0.25) is 9.36 Å². The summed E-state index contributed by atoms with van der Waals surface area (Å²) in [5, 5.41) is 3.18.